The summed E-state index contributed by atoms with van der Waals surface area (Å²) < 4.78 is 32.4. The summed E-state index contributed by atoms with van der Waals surface area (Å²) in [4.78, 5) is 12.0. The molecular weight excluding hydrogens is 384 g/mol. The zero-order valence-corrected chi connectivity index (χ0v) is 15.7. The van der Waals surface area contributed by atoms with Crippen molar-refractivity contribution >= 4 is 33.6 Å². The summed E-state index contributed by atoms with van der Waals surface area (Å²) in [6.45, 7) is 0. The van der Waals surface area contributed by atoms with E-state index in [2.05, 4.69) is 10.5 Å². The number of carbonyl (C=O) groups excluding carboxylic acids is 1. The van der Waals surface area contributed by atoms with E-state index in [1.165, 1.54) is 6.21 Å². The van der Waals surface area contributed by atoms with Gasteiger partial charge >= 0.3 is 10.1 Å². The van der Waals surface area contributed by atoms with Crippen LogP contribution in [0.4, 0.5) is 0 Å². The van der Waals surface area contributed by atoms with E-state index in [0.29, 0.717) is 16.7 Å². The number of amides is 1. The van der Waals surface area contributed by atoms with Gasteiger partial charge in [0.25, 0.3) is 0 Å². The Kier molecular flexibility index (Phi) is 5.80. The number of nitrogens with one attached hydrogen (secondary N) is 1. The third-order valence-electron chi connectivity index (χ3n) is 3.72. The predicted octanol–water partition coefficient (Wildman–Crippen LogP) is 3.35. The molecule has 3 rings (SSSR count). The van der Waals surface area contributed by atoms with Crippen LogP contribution in [0.2, 0.25) is 0 Å². The molecule has 8 heteroatoms. The summed E-state index contributed by atoms with van der Waals surface area (Å²) in [6, 6.07) is 17.9. The van der Waals surface area contributed by atoms with Crippen LogP contribution in [0.15, 0.2) is 75.4 Å². The number of hydrogen-bond acceptors (Lipinski definition) is 5. The van der Waals surface area contributed by atoms with E-state index in [1.54, 1.807) is 35.7 Å². The van der Waals surface area contributed by atoms with Gasteiger partial charge in [-0.2, -0.15) is 13.5 Å². The molecular formula is C19H16N2O4S2. The predicted molar refractivity (Wildman–Crippen MR) is 105 cm³/mol. The zero-order chi connectivity index (χ0) is 19.3. The smallest absolute Gasteiger partial charge is 0.281 e. The van der Waals surface area contributed by atoms with Crippen molar-refractivity contribution in [1.29, 1.82) is 0 Å². The van der Waals surface area contributed by atoms with Crippen LogP contribution in [0.1, 0.15) is 11.1 Å². The van der Waals surface area contributed by atoms with Crippen molar-refractivity contribution in [2.24, 2.45) is 5.10 Å². The maximum Gasteiger partial charge on any atom is 0.304 e. The second-order valence-corrected chi connectivity index (χ2v) is 8.17. The van der Waals surface area contributed by atoms with Gasteiger partial charge in [-0.15, -0.1) is 11.3 Å². The highest BCUT2D eigenvalue weighted by atomic mass is 32.3. The third-order valence-corrected chi connectivity index (χ3v) is 6.03. The lowest BCUT2D eigenvalue weighted by Gasteiger charge is -2.06. The largest absolute Gasteiger partial charge is 0.304 e. The highest BCUT2D eigenvalue weighted by Gasteiger charge is 2.19. The molecule has 138 valence electrons. The molecule has 0 aliphatic carbocycles. The molecule has 2 aromatic carbocycles. The van der Waals surface area contributed by atoms with Crippen molar-refractivity contribution < 1.29 is 17.8 Å². The van der Waals surface area contributed by atoms with Gasteiger partial charge in [0.2, 0.25) is 5.91 Å². The van der Waals surface area contributed by atoms with Crippen molar-refractivity contribution in [3.05, 3.63) is 77.2 Å². The molecule has 0 unspecified atom stereocenters. The molecule has 0 aliphatic heterocycles. The van der Waals surface area contributed by atoms with Gasteiger partial charge in [0.15, 0.2) is 4.21 Å². The molecule has 6 nitrogen and oxygen atoms in total. The van der Waals surface area contributed by atoms with E-state index >= 15 is 0 Å². The lowest BCUT2D eigenvalue weighted by molar-refractivity contribution is -0.120. The molecule has 0 aliphatic rings. The molecule has 0 atom stereocenters. The maximum atomic E-state index is 12.0. The minimum atomic E-state index is -4.32. The molecule has 1 aromatic heterocycles. The molecule has 0 radical (unpaired) electrons. The highest BCUT2D eigenvalue weighted by molar-refractivity contribution is 7.88. The molecule has 1 amide bonds. The Hall–Kier alpha value is -2.81. The van der Waals surface area contributed by atoms with Crippen LogP contribution in [-0.2, 0) is 21.3 Å². The number of hydrogen-bond donors (Lipinski definition) is 2. The van der Waals surface area contributed by atoms with E-state index in [0.717, 1.165) is 16.9 Å². The molecule has 2 N–H and O–H groups in total. The van der Waals surface area contributed by atoms with Crippen LogP contribution < -0.4 is 5.43 Å². The van der Waals surface area contributed by atoms with Gasteiger partial charge in [0.05, 0.1) is 12.6 Å². The normalized spacial score (nSPS) is 11.6. The molecule has 1 heterocycles. The maximum absolute atomic E-state index is 12.0. The van der Waals surface area contributed by atoms with Gasteiger partial charge in [-0.05, 0) is 22.6 Å². The number of thiophene rings is 1. The molecule has 3 aromatic rings. The number of rotatable bonds is 6. The monoisotopic (exact) mass is 400 g/mol. The van der Waals surface area contributed by atoms with Crippen molar-refractivity contribution in [1.82, 2.24) is 5.43 Å². The number of carbonyl (C=O) groups is 1. The van der Waals surface area contributed by atoms with E-state index in [9.17, 15) is 17.8 Å². The zero-order valence-electron chi connectivity index (χ0n) is 14.1. The lowest BCUT2D eigenvalue weighted by Crippen LogP contribution is -2.19. The first-order chi connectivity index (χ1) is 12.9. The second kappa shape index (κ2) is 8.26. The topological polar surface area (TPSA) is 95.8 Å². The van der Waals surface area contributed by atoms with Crippen LogP contribution in [0.3, 0.4) is 0 Å². The second-order valence-electron chi connectivity index (χ2n) is 5.64. The Morgan fingerprint density at radius 3 is 2.48 bits per heavy atom. The minimum Gasteiger partial charge on any atom is -0.281 e. The Balaban J connectivity index is 1.78. The molecule has 0 saturated carbocycles. The van der Waals surface area contributed by atoms with Gasteiger partial charge in [-0.3, -0.25) is 9.35 Å². The summed E-state index contributed by atoms with van der Waals surface area (Å²) in [5.74, 6) is -0.260. The van der Waals surface area contributed by atoms with Crippen LogP contribution >= 0.6 is 11.3 Å². The Morgan fingerprint density at radius 1 is 1.04 bits per heavy atom. The number of benzene rings is 2. The SMILES string of the molecule is O=C(Cc1ccccc1)N/N=C/c1ccccc1-c1ccsc1S(=O)(=O)O. The summed E-state index contributed by atoms with van der Waals surface area (Å²) in [5, 5.41) is 5.56. The molecule has 27 heavy (non-hydrogen) atoms. The summed E-state index contributed by atoms with van der Waals surface area (Å²) in [7, 11) is -4.32. The van der Waals surface area contributed by atoms with Gasteiger partial charge in [-0.1, -0.05) is 54.6 Å². The van der Waals surface area contributed by atoms with Crippen molar-refractivity contribution in [3.63, 3.8) is 0 Å². The standard InChI is InChI=1S/C19H16N2O4S2/c22-18(12-14-6-2-1-3-7-14)21-20-13-15-8-4-5-9-16(15)17-10-11-26-19(17)27(23,24)25/h1-11,13H,12H2,(H,21,22)(H,23,24,25)/b20-13+. The van der Waals surface area contributed by atoms with E-state index in [4.69, 9.17) is 0 Å². The quantitative estimate of drug-likeness (QED) is 0.377. The average Bonchev–Trinajstić information content (AvgIpc) is 3.13. The number of hydrazone groups is 1. The first-order valence-corrected chi connectivity index (χ1v) is 10.3. The average molecular weight is 400 g/mol. The lowest BCUT2D eigenvalue weighted by atomic mass is 10.0. The van der Waals surface area contributed by atoms with Gasteiger partial charge in [-0.25, -0.2) is 5.43 Å². The van der Waals surface area contributed by atoms with Crippen molar-refractivity contribution in [2.45, 2.75) is 10.6 Å². The van der Waals surface area contributed by atoms with Crippen LogP contribution in [0.25, 0.3) is 11.1 Å². The number of nitrogens with zero attached hydrogens (tertiary/aromatic N) is 1. The summed E-state index contributed by atoms with van der Waals surface area (Å²) >= 11 is 0.938. The van der Waals surface area contributed by atoms with E-state index in [1.807, 2.05) is 30.3 Å². The fraction of sp³-hybridized carbons (Fsp3) is 0.0526. The highest BCUT2D eigenvalue weighted by Crippen LogP contribution is 2.33. The minimum absolute atomic E-state index is 0.128. The van der Waals surface area contributed by atoms with Gasteiger partial charge < -0.3 is 0 Å². The Bertz CT molecular complexity index is 1070. The van der Waals surface area contributed by atoms with Crippen LogP contribution in [-0.4, -0.2) is 25.1 Å². The van der Waals surface area contributed by atoms with Crippen molar-refractivity contribution in [2.75, 3.05) is 0 Å². The van der Waals surface area contributed by atoms with Gasteiger partial charge in [0, 0.05) is 11.1 Å². The Labute approximate surface area is 160 Å². The molecule has 0 spiro atoms. The molecule has 0 fully saturated rings. The van der Waals surface area contributed by atoms with E-state index < -0.39 is 10.1 Å². The summed E-state index contributed by atoms with van der Waals surface area (Å²) in [5.41, 5.74) is 4.93. The molecule has 0 bridgehead atoms. The first kappa shape index (κ1) is 19.0. The van der Waals surface area contributed by atoms with Crippen molar-refractivity contribution in [3.8, 4) is 11.1 Å². The first-order valence-electron chi connectivity index (χ1n) is 7.95. The van der Waals surface area contributed by atoms with Crippen LogP contribution in [0, 0.1) is 0 Å². The summed E-state index contributed by atoms with van der Waals surface area (Å²) in [6.07, 6.45) is 1.65. The van der Waals surface area contributed by atoms with Crippen LogP contribution in [0.5, 0.6) is 0 Å². The fourth-order valence-electron chi connectivity index (χ4n) is 2.54. The molecule has 0 saturated heterocycles. The van der Waals surface area contributed by atoms with Gasteiger partial charge in [0.1, 0.15) is 0 Å². The Morgan fingerprint density at radius 2 is 1.74 bits per heavy atom. The van der Waals surface area contributed by atoms with E-state index in [-0.39, 0.29) is 16.5 Å². The fourth-order valence-corrected chi connectivity index (χ4v) is 4.29. The third kappa shape index (κ3) is 4.88.